The molecule has 2 N–H and O–H groups in total. The Morgan fingerprint density at radius 2 is 2.00 bits per heavy atom. The van der Waals surface area contributed by atoms with E-state index in [-0.39, 0.29) is 36.8 Å². The number of rotatable bonds is 3. The van der Waals surface area contributed by atoms with Crippen LogP contribution in [0.1, 0.15) is 23.2 Å². The van der Waals surface area contributed by atoms with Gasteiger partial charge in [-0.1, -0.05) is 0 Å². The van der Waals surface area contributed by atoms with Crippen molar-refractivity contribution in [3.8, 4) is 5.69 Å². The van der Waals surface area contributed by atoms with E-state index in [1.54, 1.807) is 12.5 Å². The lowest BCUT2D eigenvalue weighted by Crippen LogP contribution is -2.39. The molecule has 1 aliphatic heterocycles. The molecular formula is C15H20Cl2N4O. The zero-order chi connectivity index (χ0) is 13.9. The molecule has 1 aliphatic rings. The number of amides is 1. The summed E-state index contributed by atoms with van der Waals surface area (Å²) in [6.45, 7) is 1.35. The number of aromatic nitrogens is 2. The number of hydrogen-bond acceptors (Lipinski definition) is 3. The van der Waals surface area contributed by atoms with Crippen molar-refractivity contribution in [2.75, 3.05) is 13.1 Å². The van der Waals surface area contributed by atoms with Gasteiger partial charge in [0.25, 0.3) is 5.91 Å². The Labute approximate surface area is 142 Å². The molecule has 120 valence electrons. The largest absolute Gasteiger partial charge is 0.334 e. The van der Waals surface area contributed by atoms with Crippen molar-refractivity contribution in [3.63, 3.8) is 0 Å². The van der Waals surface area contributed by atoms with Gasteiger partial charge in [0.2, 0.25) is 0 Å². The van der Waals surface area contributed by atoms with E-state index in [2.05, 4.69) is 4.98 Å². The molecule has 2 heterocycles. The van der Waals surface area contributed by atoms with Crippen molar-refractivity contribution in [2.45, 2.75) is 18.9 Å². The number of hydrogen-bond donors (Lipinski definition) is 1. The number of likely N-dealkylation sites (tertiary alicyclic amines) is 1. The number of benzene rings is 1. The SMILES string of the molecule is Cl.Cl.NCC1CCCN1C(=O)c1ccc(-n2ccnc2)cc1. The summed E-state index contributed by atoms with van der Waals surface area (Å²) in [5.74, 6) is 0.0788. The van der Waals surface area contributed by atoms with Crippen LogP contribution in [0.3, 0.4) is 0 Å². The maximum Gasteiger partial charge on any atom is 0.254 e. The monoisotopic (exact) mass is 342 g/mol. The van der Waals surface area contributed by atoms with Crippen molar-refractivity contribution in [2.24, 2.45) is 5.73 Å². The standard InChI is InChI=1S/C15H18N4O.2ClH/c16-10-14-2-1-8-19(14)15(20)12-3-5-13(6-4-12)18-9-7-17-11-18;;/h3-7,9,11,14H,1-2,8,10,16H2;2*1H. The van der Waals surface area contributed by atoms with Crippen LogP contribution in [-0.4, -0.2) is 39.5 Å². The highest BCUT2D eigenvalue weighted by Crippen LogP contribution is 2.20. The average Bonchev–Trinajstić information content (AvgIpc) is 3.17. The molecule has 0 saturated carbocycles. The van der Waals surface area contributed by atoms with E-state index in [0.717, 1.165) is 25.1 Å². The van der Waals surface area contributed by atoms with E-state index in [4.69, 9.17) is 5.73 Å². The van der Waals surface area contributed by atoms with Gasteiger partial charge in [0.05, 0.1) is 6.33 Å². The minimum absolute atomic E-state index is 0. The molecule has 1 fully saturated rings. The first-order valence-corrected chi connectivity index (χ1v) is 6.89. The van der Waals surface area contributed by atoms with Crippen LogP contribution in [0.2, 0.25) is 0 Å². The lowest BCUT2D eigenvalue weighted by atomic mass is 10.1. The molecule has 1 atom stereocenters. The van der Waals surface area contributed by atoms with Gasteiger partial charge in [-0.3, -0.25) is 4.79 Å². The molecule has 1 amide bonds. The Balaban J connectivity index is 0.00000121. The fraction of sp³-hybridized carbons (Fsp3) is 0.333. The van der Waals surface area contributed by atoms with Gasteiger partial charge in [0.1, 0.15) is 0 Å². The summed E-state index contributed by atoms with van der Waals surface area (Å²) < 4.78 is 1.91. The molecule has 2 aromatic rings. The zero-order valence-electron chi connectivity index (χ0n) is 12.1. The molecular weight excluding hydrogens is 323 g/mol. The summed E-state index contributed by atoms with van der Waals surface area (Å²) >= 11 is 0. The number of halogens is 2. The summed E-state index contributed by atoms with van der Waals surface area (Å²) in [6, 6.07) is 7.79. The van der Waals surface area contributed by atoms with Crippen LogP contribution in [0, 0.1) is 0 Å². The molecule has 1 unspecified atom stereocenters. The van der Waals surface area contributed by atoms with Crippen LogP contribution in [0.5, 0.6) is 0 Å². The zero-order valence-corrected chi connectivity index (χ0v) is 13.7. The van der Waals surface area contributed by atoms with E-state index in [1.807, 2.05) is 39.9 Å². The third-order valence-electron chi connectivity index (χ3n) is 3.83. The predicted molar refractivity (Wildman–Crippen MR) is 91.2 cm³/mol. The van der Waals surface area contributed by atoms with E-state index in [0.29, 0.717) is 12.1 Å². The first-order chi connectivity index (χ1) is 9.79. The minimum atomic E-state index is 0. The average molecular weight is 343 g/mol. The highest BCUT2D eigenvalue weighted by molar-refractivity contribution is 5.94. The quantitative estimate of drug-likeness (QED) is 0.930. The van der Waals surface area contributed by atoms with Crippen LogP contribution in [0.4, 0.5) is 0 Å². The van der Waals surface area contributed by atoms with Gasteiger partial charge >= 0.3 is 0 Å². The molecule has 3 rings (SSSR count). The highest BCUT2D eigenvalue weighted by atomic mass is 35.5. The summed E-state index contributed by atoms with van der Waals surface area (Å²) in [7, 11) is 0. The van der Waals surface area contributed by atoms with Crippen molar-refractivity contribution >= 4 is 30.7 Å². The molecule has 7 heteroatoms. The Morgan fingerprint density at radius 1 is 1.27 bits per heavy atom. The molecule has 5 nitrogen and oxygen atoms in total. The van der Waals surface area contributed by atoms with Crippen molar-refractivity contribution < 1.29 is 4.79 Å². The van der Waals surface area contributed by atoms with Crippen LogP contribution in [-0.2, 0) is 0 Å². The number of carbonyl (C=O) groups excluding carboxylic acids is 1. The van der Waals surface area contributed by atoms with Crippen LogP contribution in [0.25, 0.3) is 5.69 Å². The lowest BCUT2D eigenvalue weighted by Gasteiger charge is -2.23. The molecule has 0 aliphatic carbocycles. The first-order valence-electron chi connectivity index (χ1n) is 6.89. The second-order valence-electron chi connectivity index (χ2n) is 5.05. The lowest BCUT2D eigenvalue weighted by molar-refractivity contribution is 0.0741. The molecule has 0 spiro atoms. The third kappa shape index (κ3) is 3.61. The predicted octanol–water partition coefficient (Wildman–Crippen LogP) is 2.28. The summed E-state index contributed by atoms with van der Waals surface area (Å²) in [6.07, 6.45) is 7.40. The number of imidazole rings is 1. The minimum Gasteiger partial charge on any atom is -0.334 e. The Bertz CT molecular complexity index is 586. The van der Waals surface area contributed by atoms with Gasteiger partial charge in [-0.05, 0) is 37.1 Å². The van der Waals surface area contributed by atoms with E-state index in [9.17, 15) is 4.79 Å². The van der Waals surface area contributed by atoms with Crippen molar-refractivity contribution in [1.82, 2.24) is 14.5 Å². The molecule has 1 saturated heterocycles. The molecule has 22 heavy (non-hydrogen) atoms. The van der Waals surface area contributed by atoms with Crippen LogP contribution in [0.15, 0.2) is 43.0 Å². The van der Waals surface area contributed by atoms with E-state index < -0.39 is 0 Å². The van der Waals surface area contributed by atoms with Gasteiger partial charge < -0.3 is 15.2 Å². The van der Waals surface area contributed by atoms with Gasteiger partial charge in [-0.15, -0.1) is 24.8 Å². The van der Waals surface area contributed by atoms with Crippen LogP contribution < -0.4 is 5.73 Å². The van der Waals surface area contributed by atoms with Crippen molar-refractivity contribution in [3.05, 3.63) is 48.5 Å². The summed E-state index contributed by atoms with van der Waals surface area (Å²) in [5.41, 5.74) is 7.44. The van der Waals surface area contributed by atoms with E-state index in [1.165, 1.54) is 0 Å². The van der Waals surface area contributed by atoms with Crippen molar-refractivity contribution in [1.29, 1.82) is 0 Å². The number of carbonyl (C=O) groups is 1. The molecule has 0 radical (unpaired) electrons. The molecule has 1 aromatic heterocycles. The van der Waals surface area contributed by atoms with Gasteiger partial charge in [0.15, 0.2) is 0 Å². The fourth-order valence-electron chi connectivity index (χ4n) is 2.70. The second-order valence-corrected chi connectivity index (χ2v) is 5.05. The first kappa shape index (κ1) is 18.5. The fourth-order valence-corrected chi connectivity index (χ4v) is 2.70. The second kappa shape index (κ2) is 8.17. The Morgan fingerprint density at radius 3 is 2.59 bits per heavy atom. The highest BCUT2D eigenvalue weighted by Gasteiger charge is 2.28. The smallest absolute Gasteiger partial charge is 0.254 e. The maximum absolute atomic E-state index is 12.5. The summed E-state index contributed by atoms with van der Waals surface area (Å²) in [5, 5.41) is 0. The number of nitrogens with zero attached hydrogens (tertiary/aromatic N) is 3. The molecule has 1 aromatic carbocycles. The van der Waals surface area contributed by atoms with Gasteiger partial charge in [0, 0.05) is 42.8 Å². The van der Waals surface area contributed by atoms with Gasteiger partial charge in [-0.2, -0.15) is 0 Å². The molecule has 0 bridgehead atoms. The normalized spacial score (nSPS) is 16.8. The maximum atomic E-state index is 12.5. The third-order valence-corrected chi connectivity index (χ3v) is 3.83. The van der Waals surface area contributed by atoms with E-state index >= 15 is 0 Å². The number of nitrogens with two attached hydrogens (primary N) is 1. The summed E-state index contributed by atoms with van der Waals surface area (Å²) in [4.78, 5) is 18.4. The topological polar surface area (TPSA) is 64.2 Å². The van der Waals surface area contributed by atoms with Gasteiger partial charge in [-0.25, -0.2) is 4.98 Å². The Hall–Kier alpha value is -1.56. The van der Waals surface area contributed by atoms with Crippen LogP contribution >= 0.6 is 24.8 Å². The Kier molecular flexibility index (Phi) is 6.87.